The van der Waals surface area contributed by atoms with Gasteiger partial charge in [-0.3, -0.25) is 4.79 Å². The van der Waals surface area contributed by atoms with Gasteiger partial charge in [0.25, 0.3) is 0 Å². The van der Waals surface area contributed by atoms with E-state index in [-0.39, 0.29) is 5.91 Å². The first-order chi connectivity index (χ1) is 12.3. The highest BCUT2D eigenvalue weighted by atomic mass is 32.1. The number of nitrogens with zero attached hydrogens (tertiary/aromatic N) is 2. The van der Waals surface area contributed by atoms with Crippen molar-refractivity contribution in [2.45, 2.75) is 32.1 Å². The smallest absolute Gasteiger partial charge is 0.224 e. The van der Waals surface area contributed by atoms with Gasteiger partial charge in [0.1, 0.15) is 0 Å². The molecule has 3 rings (SSSR count). The van der Waals surface area contributed by atoms with E-state index < -0.39 is 0 Å². The minimum Gasteiger partial charge on any atom is -0.378 e. The van der Waals surface area contributed by atoms with Gasteiger partial charge in [-0.25, -0.2) is 4.98 Å². The van der Waals surface area contributed by atoms with Crippen molar-refractivity contribution in [2.24, 2.45) is 5.73 Å². The first kappa shape index (κ1) is 18.1. The molecule has 1 aliphatic heterocycles. The minimum atomic E-state index is 0.0741. The molecule has 0 spiro atoms. The normalized spacial score (nSPS) is 14.8. The summed E-state index contributed by atoms with van der Waals surface area (Å²) in [5, 5.41) is 4.02. The third-order valence-electron chi connectivity index (χ3n) is 4.30. The molecule has 1 aromatic carbocycles. The van der Waals surface area contributed by atoms with Crippen LogP contribution in [-0.2, 0) is 9.53 Å². The van der Waals surface area contributed by atoms with E-state index in [0.717, 1.165) is 79.6 Å². The number of rotatable bonds is 8. The molecule has 0 aliphatic carbocycles. The van der Waals surface area contributed by atoms with Gasteiger partial charge in [-0.1, -0.05) is 24.2 Å². The van der Waals surface area contributed by atoms with Gasteiger partial charge < -0.3 is 20.7 Å². The molecule has 0 unspecified atom stereocenters. The molecule has 25 heavy (non-hydrogen) atoms. The van der Waals surface area contributed by atoms with Crippen LogP contribution in [0.25, 0.3) is 10.2 Å². The summed E-state index contributed by atoms with van der Waals surface area (Å²) in [5.41, 5.74) is 7.30. The number of anilines is 2. The molecule has 1 saturated heterocycles. The molecule has 7 heteroatoms. The van der Waals surface area contributed by atoms with Crippen LogP contribution in [0.2, 0.25) is 0 Å². The number of carbonyl (C=O) groups is 1. The number of nitrogens with two attached hydrogens (primary N) is 1. The maximum absolute atomic E-state index is 12.1. The Kier molecular flexibility index (Phi) is 6.61. The molecule has 0 radical (unpaired) electrons. The molecule has 3 N–H and O–H groups in total. The Labute approximate surface area is 152 Å². The number of nitrogens with one attached hydrogen (secondary N) is 1. The van der Waals surface area contributed by atoms with Crippen molar-refractivity contribution in [1.82, 2.24) is 4.98 Å². The first-order valence-electron chi connectivity index (χ1n) is 8.99. The van der Waals surface area contributed by atoms with Crippen molar-refractivity contribution in [1.29, 1.82) is 0 Å². The van der Waals surface area contributed by atoms with E-state index in [1.807, 2.05) is 18.2 Å². The Bertz CT molecular complexity index is 697. The Morgan fingerprint density at radius 2 is 2.04 bits per heavy atom. The third kappa shape index (κ3) is 5.14. The second-order valence-electron chi connectivity index (χ2n) is 6.28. The van der Waals surface area contributed by atoms with Crippen LogP contribution >= 0.6 is 11.3 Å². The molecule has 136 valence electrons. The van der Waals surface area contributed by atoms with Gasteiger partial charge in [0.2, 0.25) is 5.91 Å². The van der Waals surface area contributed by atoms with E-state index in [4.69, 9.17) is 15.5 Å². The van der Waals surface area contributed by atoms with Crippen molar-refractivity contribution in [3.8, 4) is 0 Å². The molecule has 1 fully saturated rings. The number of hydrogen-bond acceptors (Lipinski definition) is 6. The van der Waals surface area contributed by atoms with Gasteiger partial charge in [0, 0.05) is 25.2 Å². The van der Waals surface area contributed by atoms with Crippen LogP contribution in [0.5, 0.6) is 0 Å². The van der Waals surface area contributed by atoms with Crippen molar-refractivity contribution in [3.63, 3.8) is 0 Å². The Morgan fingerprint density at radius 1 is 1.24 bits per heavy atom. The maximum Gasteiger partial charge on any atom is 0.224 e. The van der Waals surface area contributed by atoms with E-state index >= 15 is 0 Å². The highest BCUT2D eigenvalue weighted by molar-refractivity contribution is 7.22. The summed E-state index contributed by atoms with van der Waals surface area (Å²) in [5.74, 6) is 0.0741. The predicted molar refractivity (Wildman–Crippen MR) is 103 cm³/mol. The topological polar surface area (TPSA) is 80.5 Å². The largest absolute Gasteiger partial charge is 0.378 e. The summed E-state index contributed by atoms with van der Waals surface area (Å²) >= 11 is 1.67. The van der Waals surface area contributed by atoms with Crippen molar-refractivity contribution in [2.75, 3.05) is 43.1 Å². The molecule has 1 aromatic heterocycles. The number of ether oxygens (including phenoxy) is 1. The zero-order chi connectivity index (χ0) is 17.5. The summed E-state index contributed by atoms with van der Waals surface area (Å²) < 4.78 is 6.49. The number of hydrogen-bond donors (Lipinski definition) is 2. The summed E-state index contributed by atoms with van der Waals surface area (Å²) in [6, 6.07) is 5.92. The van der Waals surface area contributed by atoms with E-state index in [2.05, 4.69) is 10.2 Å². The first-order valence-corrected chi connectivity index (χ1v) is 9.81. The highest BCUT2D eigenvalue weighted by Gasteiger charge is 2.15. The molecule has 6 nitrogen and oxygen atoms in total. The molecule has 1 amide bonds. The molecule has 0 saturated carbocycles. The second kappa shape index (κ2) is 9.12. The maximum atomic E-state index is 12.1. The number of aromatic nitrogens is 1. The van der Waals surface area contributed by atoms with Gasteiger partial charge in [-0.2, -0.15) is 0 Å². The Morgan fingerprint density at radius 3 is 2.84 bits per heavy atom. The minimum absolute atomic E-state index is 0.0741. The summed E-state index contributed by atoms with van der Waals surface area (Å²) in [6.45, 7) is 4.00. The summed E-state index contributed by atoms with van der Waals surface area (Å²) in [4.78, 5) is 19.0. The van der Waals surface area contributed by atoms with Gasteiger partial charge in [-0.05, 0) is 37.6 Å². The predicted octanol–water partition coefficient (Wildman–Crippen LogP) is 2.98. The lowest BCUT2D eigenvalue weighted by Crippen LogP contribution is -2.36. The zero-order valence-electron chi connectivity index (χ0n) is 14.5. The van der Waals surface area contributed by atoms with Crippen molar-refractivity contribution < 1.29 is 9.53 Å². The van der Waals surface area contributed by atoms with E-state index in [0.29, 0.717) is 6.42 Å². The highest BCUT2D eigenvalue weighted by Crippen LogP contribution is 2.31. The van der Waals surface area contributed by atoms with E-state index in [9.17, 15) is 4.79 Å². The molecule has 0 bridgehead atoms. The quantitative estimate of drug-likeness (QED) is 0.706. The SMILES string of the molecule is NCCCCCCC(=O)Nc1ccc2nc(N3CCOCC3)sc2c1. The van der Waals surface area contributed by atoms with Crippen LogP contribution < -0.4 is 16.0 Å². The Hall–Kier alpha value is -1.70. The fourth-order valence-corrected chi connectivity index (χ4v) is 3.94. The standard InChI is InChI=1S/C18H26N4O2S/c19-8-4-2-1-3-5-17(23)20-14-6-7-15-16(13-14)25-18(21-15)22-9-11-24-12-10-22/h6-7,13H,1-5,8-12,19H2,(H,20,23). The number of amides is 1. The van der Waals surface area contributed by atoms with Gasteiger partial charge in [0.05, 0.1) is 23.4 Å². The third-order valence-corrected chi connectivity index (χ3v) is 5.38. The van der Waals surface area contributed by atoms with Crippen LogP contribution in [0.3, 0.4) is 0 Å². The monoisotopic (exact) mass is 362 g/mol. The number of unbranched alkanes of at least 4 members (excludes halogenated alkanes) is 3. The van der Waals surface area contributed by atoms with Crippen molar-refractivity contribution in [3.05, 3.63) is 18.2 Å². The number of morpholine rings is 1. The van der Waals surface area contributed by atoms with Gasteiger partial charge >= 0.3 is 0 Å². The summed E-state index contributed by atoms with van der Waals surface area (Å²) in [7, 11) is 0. The molecular formula is C18H26N4O2S. The Balaban J connectivity index is 1.56. The molecule has 1 aliphatic rings. The molecular weight excluding hydrogens is 336 g/mol. The lowest BCUT2D eigenvalue weighted by Gasteiger charge is -2.25. The second-order valence-corrected chi connectivity index (χ2v) is 7.29. The lowest BCUT2D eigenvalue weighted by atomic mass is 10.1. The number of benzene rings is 1. The van der Waals surface area contributed by atoms with E-state index in [1.165, 1.54) is 0 Å². The number of carbonyl (C=O) groups excluding carboxylic acids is 1. The average molecular weight is 362 g/mol. The molecule has 2 aromatic rings. The average Bonchev–Trinajstić information content (AvgIpc) is 3.06. The lowest BCUT2D eigenvalue weighted by molar-refractivity contribution is -0.116. The zero-order valence-corrected chi connectivity index (χ0v) is 15.3. The van der Waals surface area contributed by atoms with E-state index in [1.54, 1.807) is 11.3 Å². The van der Waals surface area contributed by atoms with Gasteiger partial charge in [0.15, 0.2) is 5.13 Å². The van der Waals surface area contributed by atoms with Crippen LogP contribution in [0.15, 0.2) is 18.2 Å². The number of fused-ring (bicyclic) bond motifs is 1. The van der Waals surface area contributed by atoms with Crippen LogP contribution in [0.4, 0.5) is 10.8 Å². The van der Waals surface area contributed by atoms with Crippen LogP contribution in [0.1, 0.15) is 32.1 Å². The van der Waals surface area contributed by atoms with Crippen molar-refractivity contribution >= 4 is 38.3 Å². The van der Waals surface area contributed by atoms with Gasteiger partial charge in [-0.15, -0.1) is 0 Å². The van der Waals surface area contributed by atoms with Crippen LogP contribution in [0, 0.1) is 0 Å². The van der Waals surface area contributed by atoms with Crippen LogP contribution in [-0.4, -0.2) is 43.7 Å². The fraction of sp³-hybridized carbons (Fsp3) is 0.556. The fourth-order valence-electron chi connectivity index (χ4n) is 2.89. The number of thiazole rings is 1. The molecule has 0 atom stereocenters. The molecule has 2 heterocycles. The summed E-state index contributed by atoms with van der Waals surface area (Å²) in [6.07, 6.45) is 4.66.